The third kappa shape index (κ3) is 3.80. The minimum absolute atomic E-state index is 0.101. The number of aryl methyl sites for hydroxylation is 1. The summed E-state index contributed by atoms with van der Waals surface area (Å²) in [4.78, 5) is 12.7. The Balaban J connectivity index is 1.93. The number of benzene rings is 2. The molecule has 0 unspecified atom stereocenters. The number of anilines is 1. The van der Waals surface area contributed by atoms with Gasteiger partial charge < -0.3 is 14.8 Å². The number of halogens is 1. The summed E-state index contributed by atoms with van der Waals surface area (Å²) in [5.74, 6) is 0.748. The average Bonchev–Trinajstić information content (AvgIpc) is 2.54. The van der Waals surface area contributed by atoms with Crippen molar-refractivity contribution in [3.8, 4) is 11.5 Å². The van der Waals surface area contributed by atoms with Crippen LogP contribution in [0.15, 0.2) is 39.7 Å². The maximum Gasteiger partial charge on any atom is 0.256 e. The van der Waals surface area contributed by atoms with Crippen LogP contribution in [0.3, 0.4) is 0 Å². The summed E-state index contributed by atoms with van der Waals surface area (Å²) in [6, 6.07) is 7.88. The Morgan fingerprint density at radius 2 is 1.76 bits per heavy atom. The van der Waals surface area contributed by atoms with Crippen LogP contribution in [0.2, 0.25) is 0 Å². The highest BCUT2D eigenvalue weighted by Crippen LogP contribution is 2.38. The largest absolute Gasteiger partial charge is 0.486 e. The third-order valence-electron chi connectivity index (χ3n) is 3.76. The van der Waals surface area contributed by atoms with Crippen LogP contribution < -0.4 is 14.8 Å². The van der Waals surface area contributed by atoms with Crippen molar-refractivity contribution in [2.45, 2.75) is 11.8 Å². The van der Waals surface area contributed by atoms with Crippen LogP contribution in [0.25, 0.3) is 0 Å². The molecule has 1 aliphatic heterocycles. The Hall–Kier alpha value is -2.06. The van der Waals surface area contributed by atoms with E-state index >= 15 is 0 Å². The van der Waals surface area contributed by atoms with Gasteiger partial charge in [-0.05, 0) is 40.5 Å². The van der Waals surface area contributed by atoms with Crippen molar-refractivity contribution in [3.63, 3.8) is 0 Å². The summed E-state index contributed by atoms with van der Waals surface area (Å²) in [7, 11) is -3.39. The van der Waals surface area contributed by atoms with Crippen molar-refractivity contribution < 1.29 is 22.7 Å². The third-order valence-corrected chi connectivity index (χ3v) is 5.53. The van der Waals surface area contributed by atoms with Crippen molar-refractivity contribution >= 4 is 37.4 Å². The predicted octanol–water partition coefficient (Wildman–Crippen LogP) is 3.18. The zero-order valence-electron chi connectivity index (χ0n) is 13.6. The van der Waals surface area contributed by atoms with Crippen LogP contribution in [0.4, 0.5) is 5.69 Å². The van der Waals surface area contributed by atoms with Crippen LogP contribution in [0.1, 0.15) is 15.9 Å². The Labute approximate surface area is 154 Å². The van der Waals surface area contributed by atoms with E-state index < -0.39 is 15.7 Å². The number of nitrogens with one attached hydrogen (secondary N) is 1. The Bertz CT molecular complexity index is 956. The molecule has 1 N–H and O–H groups in total. The molecule has 132 valence electrons. The van der Waals surface area contributed by atoms with Crippen molar-refractivity contribution in [1.29, 1.82) is 0 Å². The number of amides is 1. The van der Waals surface area contributed by atoms with Crippen LogP contribution >= 0.6 is 15.9 Å². The molecule has 0 aromatic heterocycles. The summed E-state index contributed by atoms with van der Waals surface area (Å²) < 4.78 is 35.1. The molecule has 25 heavy (non-hydrogen) atoms. The van der Waals surface area contributed by atoms with E-state index in [0.717, 1.165) is 6.26 Å². The van der Waals surface area contributed by atoms with Gasteiger partial charge in [0.25, 0.3) is 5.91 Å². The van der Waals surface area contributed by atoms with Crippen LogP contribution in [-0.4, -0.2) is 33.8 Å². The van der Waals surface area contributed by atoms with E-state index in [9.17, 15) is 13.2 Å². The van der Waals surface area contributed by atoms with Gasteiger partial charge in [-0.15, -0.1) is 0 Å². The molecule has 1 heterocycles. The fraction of sp³-hybridized carbons (Fsp3) is 0.235. The molecule has 0 radical (unpaired) electrons. The number of rotatable bonds is 3. The van der Waals surface area contributed by atoms with Crippen molar-refractivity contribution in [3.05, 3.63) is 45.9 Å². The van der Waals surface area contributed by atoms with E-state index in [-0.39, 0.29) is 4.90 Å². The number of carbonyl (C=O) groups excluding carboxylic acids is 1. The average molecular weight is 426 g/mol. The monoisotopic (exact) mass is 425 g/mol. The number of fused-ring (bicyclic) bond motifs is 1. The predicted molar refractivity (Wildman–Crippen MR) is 97.4 cm³/mol. The molecule has 0 fully saturated rings. The first-order valence-corrected chi connectivity index (χ1v) is 10.2. The quantitative estimate of drug-likeness (QED) is 0.816. The molecule has 1 aliphatic rings. The molecule has 2 aromatic carbocycles. The maximum atomic E-state index is 12.6. The first-order chi connectivity index (χ1) is 11.8. The molecular formula is C17H16BrNO5S. The van der Waals surface area contributed by atoms with E-state index in [1.54, 1.807) is 25.1 Å². The molecule has 0 aliphatic carbocycles. The van der Waals surface area contributed by atoms with Gasteiger partial charge in [-0.3, -0.25) is 4.79 Å². The van der Waals surface area contributed by atoms with Gasteiger partial charge in [0.2, 0.25) is 0 Å². The summed E-state index contributed by atoms with van der Waals surface area (Å²) in [5.41, 5.74) is 1.49. The number of carbonyl (C=O) groups is 1. The summed E-state index contributed by atoms with van der Waals surface area (Å²) >= 11 is 3.40. The molecule has 2 aromatic rings. The lowest BCUT2D eigenvalue weighted by Gasteiger charge is -2.20. The number of hydrogen-bond donors (Lipinski definition) is 1. The van der Waals surface area contributed by atoms with E-state index in [4.69, 9.17) is 9.47 Å². The van der Waals surface area contributed by atoms with Gasteiger partial charge in [0.1, 0.15) is 13.2 Å². The number of ether oxygens (including phenoxy) is 2. The van der Waals surface area contributed by atoms with E-state index in [2.05, 4.69) is 21.2 Å². The minimum Gasteiger partial charge on any atom is -0.486 e. The lowest BCUT2D eigenvalue weighted by molar-refractivity contribution is 0.102. The summed E-state index contributed by atoms with van der Waals surface area (Å²) in [5, 5.41) is 2.78. The molecule has 0 saturated heterocycles. The molecule has 1 amide bonds. The Morgan fingerprint density at radius 3 is 2.40 bits per heavy atom. The normalized spacial score (nSPS) is 13.4. The van der Waals surface area contributed by atoms with Gasteiger partial charge in [0.05, 0.1) is 10.6 Å². The van der Waals surface area contributed by atoms with Gasteiger partial charge in [-0.25, -0.2) is 8.42 Å². The second-order valence-electron chi connectivity index (χ2n) is 5.68. The molecule has 0 bridgehead atoms. The second-order valence-corrected chi connectivity index (χ2v) is 8.55. The second kappa shape index (κ2) is 6.68. The highest BCUT2D eigenvalue weighted by molar-refractivity contribution is 9.10. The fourth-order valence-electron chi connectivity index (χ4n) is 2.43. The molecule has 0 spiro atoms. The Morgan fingerprint density at radius 1 is 1.12 bits per heavy atom. The molecular weight excluding hydrogens is 410 g/mol. The smallest absolute Gasteiger partial charge is 0.256 e. The fourth-order valence-corrected chi connectivity index (χ4v) is 3.49. The zero-order chi connectivity index (χ0) is 18.2. The first kappa shape index (κ1) is 17.8. The van der Waals surface area contributed by atoms with Crippen LogP contribution in [-0.2, 0) is 9.84 Å². The molecule has 8 heteroatoms. The lowest BCUT2D eigenvalue weighted by atomic mass is 10.1. The zero-order valence-corrected chi connectivity index (χ0v) is 16.0. The topological polar surface area (TPSA) is 81.7 Å². The SMILES string of the molecule is Cc1ccc(S(C)(=O)=O)cc1C(=O)Nc1cc2c(cc1Br)OCCO2. The summed E-state index contributed by atoms with van der Waals surface area (Å²) in [6.45, 7) is 2.67. The molecule has 0 saturated carbocycles. The van der Waals surface area contributed by atoms with Crippen LogP contribution in [0.5, 0.6) is 11.5 Å². The first-order valence-electron chi connectivity index (χ1n) is 7.47. The van der Waals surface area contributed by atoms with Crippen molar-refractivity contribution in [2.24, 2.45) is 0 Å². The van der Waals surface area contributed by atoms with E-state index in [0.29, 0.717) is 46.0 Å². The van der Waals surface area contributed by atoms with Gasteiger partial charge in [0.15, 0.2) is 21.3 Å². The van der Waals surface area contributed by atoms with Gasteiger partial charge >= 0.3 is 0 Å². The highest BCUT2D eigenvalue weighted by atomic mass is 79.9. The standard InChI is InChI=1S/C17H16BrNO5S/c1-10-3-4-11(25(2,21)22)7-12(10)17(20)19-14-9-16-15(8-13(14)18)23-5-6-24-16/h3-4,7-9H,5-6H2,1-2H3,(H,19,20). The van der Waals surface area contributed by atoms with Gasteiger partial charge in [0, 0.05) is 28.4 Å². The Kier molecular flexibility index (Phi) is 4.75. The van der Waals surface area contributed by atoms with Crippen molar-refractivity contribution in [2.75, 3.05) is 24.8 Å². The number of hydrogen-bond acceptors (Lipinski definition) is 5. The molecule has 0 atom stereocenters. The van der Waals surface area contributed by atoms with Gasteiger partial charge in [-0.2, -0.15) is 0 Å². The molecule has 3 rings (SSSR count). The van der Waals surface area contributed by atoms with Gasteiger partial charge in [-0.1, -0.05) is 6.07 Å². The lowest BCUT2D eigenvalue weighted by Crippen LogP contribution is -2.17. The van der Waals surface area contributed by atoms with Crippen LogP contribution in [0, 0.1) is 6.92 Å². The number of sulfone groups is 1. The minimum atomic E-state index is -3.39. The summed E-state index contributed by atoms with van der Waals surface area (Å²) in [6.07, 6.45) is 1.11. The highest BCUT2D eigenvalue weighted by Gasteiger charge is 2.19. The molecule has 6 nitrogen and oxygen atoms in total. The van der Waals surface area contributed by atoms with E-state index in [1.165, 1.54) is 12.1 Å². The van der Waals surface area contributed by atoms with Crippen molar-refractivity contribution in [1.82, 2.24) is 0 Å². The van der Waals surface area contributed by atoms with E-state index in [1.807, 2.05) is 0 Å². The maximum absolute atomic E-state index is 12.6.